The first-order valence-corrected chi connectivity index (χ1v) is 18.3. The number of rotatable bonds is 3. The number of epoxide rings is 1. The number of ether oxygens (including phenoxy) is 6. The van der Waals surface area contributed by atoms with E-state index in [0.29, 0.717) is 12.3 Å². The van der Waals surface area contributed by atoms with Crippen molar-refractivity contribution in [3.63, 3.8) is 0 Å². The molecule has 4 aliphatic heterocycles. The molecule has 48 heavy (non-hydrogen) atoms. The van der Waals surface area contributed by atoms with Crippen molar-refractivity contribution in [3.8, 4) is 0 Å². The van der Waals surface area contributed by atoms with Crippen molar-refractivity contribution in [2.24, 2.45) is 44.8 Å². The van der Waals surface area contributed by atoms with Gasteiger partial charge in [-0.2, -0.15) is 0 Å². The molecule has 6 unspecified atom stereocenters. The van der Waals surface area contributed by atoms with E-state index >= 15 is 0 Å². The maximum Gasteiger partial charge on any atom is 0.302 e. The van der Waals surface area contributed by atoms with Gasteiger partial charge < -0.3 is 48.8 Å². The molecular weight excluding hydrogens is 620 g/mol. The summed E-state index contributed by atoms with van der Waals surface area (Å²) >= 11 is 0. The Kier molecular flexibility index (Phi) is 6.57. The molecule has 9 aliphatic rings. The Labute approximate surface area is 282 Å². The van der Waals surface area contributed by atoms with E-state index < -0.39 is 42.3 Å². The Bertz CT molecular complexity index is 1450. The standard InChI is InChI=1S/C37H54O11/c1-17-12-37(29-34(7,47-29)30(42)48-37)46-20-13-32(5)22-9-8-21-31(3,4)23(45-28-27(41)26(40)19(39)15-43-28)10-11-35(21)16-36(22,35)14-24(44-18(2)38)33(32,6)25(17)20/h9,17,19-21,23-30,39-42H,8,10-16H2,1-7H3/t17-,19?,20+,21+,23+,24-,25+,26?,27?,28?,29-,30?,32+,33-,34+,35-,36+,37?/m1/s1. The third kappa shape index (κ3) is 3.69. The average molecular weight is 675 g/mol. The zero-order chi connectivity index (χ0) is 34.2. The summed E-state index contributed by atoms with van der Waals surface area (Å²) in [6.45, 7) is 14.9. The van der Waals surface area contributed by atoms with E-state index in [1.54, 1.807) is 0 Å². The van der Waals surface area contributed by atoms with E-state index in [0.717, 1.165) is 38.5 Å². The molecule has 18 atom stereocenters. The molecule has 0 aromatic rings. The zero-order valence-electron chi connectivity index (χ0n) is 29.3. The van der Waals surface area contributed by atoms with E-state index in [1.807, 2.05) is 6.92 Å². The molecule has 8 fully saturated rings. The van der Waals surface area contributed by atoms with Gasteiger partial charge in [0.05, 0.1) is 18.8 Å². The van der Waals surface area contributed by atoms with Gasteiger partial charge in [-0.15, -0.1) is 0 Å². The Hall–Kier alpha value is -1.15. The number of hydrogen-bond donors (Lipinski definition) is 4. The topological polar surface area (TPSA) is 157 Å². The maximum atomic E-state index is 12.9. The van der Waals surface area contributed by atoms with Crippen molar-refractivity contribution in [1.82, 2.24) is 0 Å². The summed E-state index contributed by atoms with van der Waals surface area (Å²) in [5.41, 5.74) is -0.191. The minimum Gasteiger partial charge on any atom is -0.462 e. The fraction of sp³-hybridized carbons (Fsp3) is 0.919. The summed E-state index contributed by atoms with van der Waals surface area (Å²) in [6.07, 6.45) is 1.68. The number of fused-ring (bicyclic) bond motifs is 6. The molecule has 11 nitrogen and oxygen atoms in total. The molecule has 0 aromatic carbocycles. The van der Waals surface area contributed by atoms with Crippen molar-refractivity contribution in [3.05, 3.63) is 11.6 Å². The van der Waals surface area contributed by atoms with E-state index in [9.17, 15) is 25.2 Å². The van der Waals surface area contributed by atoms with Crippen LogP contribution >= 0.6 is 0 Å². The Balaban J connectivity index is 1.06. The van der Waals surface area contributed by atoms with Crippen LogP contribution in [0.3, 0.4) is 0 Å². The normalized spacial score (nSPS) is 61.6. The third-order valence-electron chi connectivity index (χ3n) is 16.1. The molecule has 0 aromatic heterocycles. The maximum absolute atomic E-state index is 12.9. The molecule has 9 rings (SSSR count). The summed E-state index contributed by atoms with van der Waals surface area (Å²) in [6, 6.07) is 0. The second-order valence-electron chi connectivity index (χ2n) is 18.5. The molecule has 0 amide bonds. The van der Waals surface area contributed by atoms with Gasteiger partial charge in [0.2, 0.25) is 5.79 Å². The number of esters is 1. The predicted molar refractivity (Wildman–Crippen MR) is 168 cm³/mol. The lowest BCUT2D eigenvalue weighted by atomic mass is 9.44. The molecule has 0 radical (unpaired) electrons. The number of allylic oxidation sites excluding steroid dienone is 2. The monoisotopic (exact) mass is 674 g/mol. The molecule has 0 bridgehead atoms. The summed E-state index contributed by atoms with van der Waals surface area (Å²) in [5, 5.41) is 41.7. The lowest BCUT2D eigenvalue weighted by molar-refractivity contribution is -0.345. The second-order valence-corrected chi connectivity index (χ2v) is 18.5. The first-order valence-electron chi connectivity index (χ1n) is 18.3. The fourth-order valence-corrected chi connectivity index (χ4v) is 13.8. The largest absolute Gasteiger partial charge is 0.462 e. The predicted octanol–water partition coefficient (Wildman–Crippen LogP) is 2.95. The quantitative estimate of drug-likeness (QED) is 0.198. The smallest absolute Gasteiger partial charge is 0.302 e. The molecule has 4 heterocycles. The van der Waals surface area contributed by atoms with Crippen molar-refractivity contribution in [2.45, 2.75) is 160 Å². The van der Waals surface area contributed by atoms with E-state index in [-0.39, 0.29) is 75.9 Å². The Morgan fingerprint density at radius 2 is 1.71 bits per heavy atom. The second kappa shape index (κ2) is 9.63. The van der Waals surface area contributed by atoms with E-state index in [1.165, 1.54) is 12.5 Å². The van der Waals surface area contributed by atoms with Gasteiger partial charge in [0, 0.05) is 29.6 Å². The molecule has 268 valence electrons. The molecule has 4 saturated carbocycles. The highest BCUT2D eigenvalue weighted by Gasteiger charge is 2.85. The fourth-order valence-electron chi connectivity index (χ4n) is 13.8. The van der Waals surface area contributed by atoms with Gasteiger partial charge in [-0.05, 0) is 74.0 Å². The minimum atomic E-state index is -1.32. The van der Waals surface area contributed by atoms with Crippen molar-refractivity contribution in [2.75, 3.05) is 6.61 Å². The molecule has 5 aliphatic carbocycles. The number of aliphatic hydroxyl groups is 4. The van der Waals surface area contributed by atoms with Crippen molar-refractivity contribution < 1.29 is 53.6 Å². The van der Waals surface area contributed by atoms with Gasteiger partial charge >= 0.3 is 5.97 Å². The SMILES string of the molecule is CC(=O)O[C@@H]1C[C@@]23C[C@@]24CC[C@H](OC2OCC(O)C(O)C2O)C(C)(C)[C@@H]4CC=C3[C@]2(C)C[C@@H]3OC4(C[C@@H](C)[C@@H]3[C@@]12C)OC(O)[C@@]1(C)O[C@@H]41. The van der Waals surface area contributed by atoms with E-state index in [2.05, 4.69) is 40.7 Å². The number of carbonyl (C=O) groups excluding carboxylic acids is 1. The van der Waals surface area contributed by atoms with Crippen LogP contribution in [0.2, 0.25) is 0 Å². The number of hydrogen-bond acceptors (Lipinski definition) is 11. The highest BCUT2D eigenvalue weighted by atomic mass is 16.8. The minimum absolute atomic E-state index is 0.0364. The van der Waals surface area contributed by atoms with Crippen LogP contribution in [0.5, 0.6) is 0 Å². The molecule has 11 heteroatoms. The lowest BCUT2D eigenvalue weighted by Gasteiger charge is -2.62. The highest BCUT2D eigenvalue weighted by Crippen LogP contribution is 2.88. The molecule has 3 spiro atoms. The van der Waals surface area contributed by atoms with Crippen LogP contribution in [0.4, 0.5) is 0 Å². The zero-order valence-corrected chi connectivity index (χ0v) is 29.3. The van der Waals surface area contributed by atoms with E-state index in [4.69, 9.17) is 28.4 Å². The van der Waals surface area contributed by atoms with Crippen LogP contribution in [0, 0.1) is 44.8 Å². The molecule has 4 saturated heterocycles. The summed E-state index contributed by atoms with van der Waals surface area (Å²) in [7, 11) is 0. The van der Waals surface area contributed by atoms with Crippen LogP contribution in [0.15, 0.2) is 11.6 Å². The third-order valence-corrected chi connectivity index (χ3v) is 16.1. The first-order chi connectivity index (χ1) is 22.4. The van der Waals surface area contributed by atoms with Crippen LogP contribution in [-0.2, 0) is 33.2 Å². The van der Waals surface area contributed by atoms with Gasteiger partial charge in [0.1, 0.15) is 36.1 Å². The van der Waals surface area contributed by atoms with Gasteiger partial charge in [-0.25, -0.2) is 0 Å². The van der Waals surface area contributed by atoms with Crippen LogP contribution in [-0.4, -0.2) is 99.7 Å². The Morgan fingerprint density at radius 3 is 2.38 bits per heavy atom. The van der Waals surface area contributed by atoms with Gasteiger partial charge in [-0.3, -0.25) is 4.79 Å². The summed E-state index contributed by atoms with van der Waals surface area (Å²) in [4.78, 5) is 12.9. The average Bonchev–Trinajstić information content (AvgIpc) is 3.84. The number of aliphatic hydroxyl groups excluding tert-OH is 4. The van der Waals surface area contributed by atoms with Crippen LogP contribution in [0.25, 0.3) is 0 Å². The van der Waals surface area contributed by atoms with Crippen molar-refractivity contribution in [1.29, 1.82) is 0 Å². The van der Waals surface area contributed by atoms with Crippen LogP contribution < -0.4 is 0 Å². The van der Waals surface area contributed by atoms with Gasteiger partial charge in [0.15, 0.2) is 12.6 Å². The molecule has 4 N–H and O–H groups in total. The molecular formula is C37H54O11. The Morgan fingerprint density at radius 1 is 0.958 bits per heavy atom. The lowest BCUT2D eigenvalue weighted by Crippen LogP contribution is -2.61. The first kappa shape index (κ1) is 32.7. The van der Waals surface area contributed by atoms with Crippen LogP contribution in [0.1, 0.15) is 93.4 Å². The van der Waals surface area contributed by atoms with Gasteiger partial charge in [-0.1, -0.05) is 46.3 Å². The summed E-state index contributed by atoms with van der Waals surface area (Å²) < 4.78 is 37.8. The van der Waals surface area contributed by atoms with Gasteiger partial charge in [0.25, 0.3) is 0 Å². The summed E-state index contributed by atoms with van der Waals surface area (Å²) in [5.74, 6) is -0.600. The van der Waals surface area contributed by atoms with Crippen molar-refractivity contribution >= 4 is 5.97 Å². The number of carbonyl (C=O) groups is 1. The highest BCUT2D eigenvalue weighted by molar-refractivity contribution is 5.66.